The number of benzene rings is 1. The zero-order valence-electron chi connectivity index (χ0n) is 12.0. The number of carbonyl (C=O) groups excluding carboxylic acids is 1. The first-order chi connectivity index (χ1) is 10.1. The lowest BCUT2D eigenvalue weighted by Crippen LogP contribution is -2.47. The van der Waals surface area contributed by atoms with Crippen LogP contribution in [0.1, 0.15) is 36.0 Å². The number of likely N-dealkylation sites (tertiary alicyclic amines) is 1. The van der Waals surface area contributed by atoms with Crippen LogP contribution >= 0.6 is 11.6 Å². The molecule has 2 fully saturated rings. The largest absolute Gasteiger partial charge is 0.339 e. The van der Waals surface area contributed by atoms with Gasteiger partial charge in [0.15, 0.2) is 0 Å². The smallest absolute Gasteiger partial charge is 0.255 e. The van der Waals surface area contributed by atoms with Crippen molar-refractivity contribution in [3.63, 3.8) is 0 Å². The van der Waals surface area contributed by atoms with Gasteiger partial charge in [-0.25, -0.2) is 4.39 Å². The van der Waals surface area contributed by atoms with Gasteiger partial charge in [0.05, 0.1) is 10.6 Å². The summed E-state index contributed by atoms with van der Waals surface area (Å²) < 4.78 is 13.1. The second kappa shape index (κ2) is 5.93. The van der Waals surface area contributed by atoms with E-state index >= 15 is 0 Å². The maximum atomic E-state index is 13.1. The van der Waals surface area contributed by atoms with Crippen molar-refractivity contribution in [2.24, 2.45) is 5.41 Å². The molecule has 2 heterocycles. The second-order valence-electron chi connectivity index (χ2n) is 6.17. The number of hydrogen-bond donors (Lipinski definition) is 1. The molecule has 5 heteroatoms. The molecule has 0 radical (unpaired) electrons. The molecule has 21 heavy (non-hydrogen) atoms. The third-order valence-corrected chi connectivity index (χ3v) is 5.25. The van der Waals surface area contributed by atoms with Gasteiger partial charge in [-0.1, -0.05) is 11.6 Å². The Bertz CT molecular complexity index is 533. The first kappa shape index (κ1) is 14.8. The van der Waals surface area contributed by atoms with Crippen molar-refractivity contribution in [2.45, 2.75) is 25.7 Å². The Morgan fingerprint density at radius 3 is 2.48 bits per heavy atom. The number of piperidine rings is 2. The molecule has 2 saturated heterocycles. The summed E-state index contributed by atoms with van der Waals surface area (Å²) in [4.78, 5) is 14.4. The van der Waals surface area contributed by atoms with E-state index < -0.39 is 5.82 Å². The van der Waals surface area contributed by atoms with Crippen LogP contribution in [0.2, 0.25) is 5.02 Å². The standard InChI is InChI=1S/C16H20ClFN2O/c17-14-11-12(18)1-2-13(14)15(21)20-9-5-16(6-10-20)3-7-19-8-4-16/h1-2,11,19H,3-10H2. The van der Waals surface area contributed by atoms with Crippen molar-refractivity contribution in [1.29, 1.82) is 0 Å². The van der Waals surface area contributed by atoms with Gasteiger partial charge in [-0.3, -0.25) is 4.79 Å². The second-order valence-corrected chi connectivity index (χ2v) is 6.57. The monoisotopic (exact) mass is 310 g/mol. The molecule has 2 aliphatic rings. The van der Waals surface area contributed by atoms with Crippen LogP contribution < -0.4 is 5.32 Å². The first-order valence-corrected chi connectivity index (χ1v) is 7.93. The van der Waals surface area contributed by atoms with Crippen LogP contribution in [0.25, 0.3) is 0 Å². The van der Waals surface area contributed by atoms with Crippen LogP contribution in [-0.2, 0) is 0 Å². The van der Waals surface area contributed by atoms with Gasteiger partial charge < -0.3 is 10.2 Å². The van der Waals surface area contributed by atoms with E-state index in [0.717, 1.165) is 39.0 Å². The quantitative estimate of drug-likeness (QED) is 0.864. The molecule has 1 amide bonds. The molecule has 1 N–H and O–H groups in total. The Kier molecular flexibility index (Phi) is 4.18. The summed E-state index contributed by atoms with van der Waals surface area (Å²) in [5.74, 6) is -0.493. The fourth-order valence-electron chi connectivity index (χ4n) is 3.47. The van der Waals surface area contributed by atoms with Gasteiger partial charge in [-0.15, -0.1) is 0 Å². The SMILES string of the molecule is O=C(c1ccc(F)cc1Cl)N1CCC2(CCNCC2)CC1. The third kappa shape index (κ3) is 3.06. The fraction of sp³-hybridized carbons (Fsp3) is 0.562. The number of rotatable bonds is 1. The minimum atomic E-state index is -0.413. The van der Waals surface area contributed by atoms with Crippen LogP contribution in [0.3, 0.4) is 0 Å². The Morgan fingerprint density at radius 2 is 1.86 bits per heavy atom. The van der Waals surface area contributed by atoms with Crippen LogP contribution in [0.4, 0.5) is 4.39 Å². The molecular formula is C16H20ClFN2O. The summed E-state index contributed by atoms with van der Waals surface area (Å²) >= 11 is 5.99. The zero-order chi connectivity index (χ0) is 14.9. The van der Waals surface area contributed by atoms with Crippen molar-refractivity contribution in [3.8, 4) is 0 Å². The summed E-state index contributed by atoms with van der Waals surface area (Å²) in [6.07, 6.45) is 4.51. The lowest BCUT2D eigenvalue weighted by molar-refractivity contribution is 0.0496. The van der Waals surface area contributed by atoms with E-state index in [4.69, 9.17) is 11.6 Å². The predicted molar refractivity (Wildman–Crippen MR) is 81.1 cm³/mol. The molecule has 114 valence electrons. The fourth-order valence-corrected chi connectivity index (χ4v) is 3.72. The molecule has 3 nitrogen and oxygen atoms in total. The van der Waals surface area contributed by atoms with E-state index in [1.54, 1.807) is 0 Å². The topological polar surface area (TPSA) is 32.3 Å². The number of nitrogens with zero attached hydrogens (tertiary/aromatic N) is 1. The average molecular weight is 311 g/mol. The van der Waals surface area contributed by atoms with Crippen molar-refractivity contribution in [2.75, 3.05) is 26.2 Å². The van der Waals surface area contributed by atoms with E-state index in [2.05, 4.69) is 5.32 Å². The number of carbonyl (C=O) groups is 1. The van der Waals surface area contributed by atoms with Crippen molar-refractivity contribution < 1.29 is 9.18 Å². The summed E-state index contributed by atoms with van der Waals surface area (Å²) in [5.41, 5.74) is 0.813. The minimum Gasteiger partial charge on any atom is -0.339 e. The lowest BCUT2D eigenvalue weighted by atomic mass is 9.71. The number of amides is 1. The average Bonchev–Trinajstić information content (AvgIpc) is 2.48. The van der Waals surface area contributed by atoms with Crippen molar-refractivity contribution >= 4 is 17.5 Å². The highest BCUT2D eigenvalue weighted by Gasteiger charge is 2.37. The van der Waals surface area contributed by atoms with Gasteiger partial charge in [0, 0.05) is 13.1 Å². The highest BCUT2D eigenvalue weighted by Crippen LogP contribution is 2.39. The zero-order valence-corrected chi connectivity index (χ0v) is 12.8. The molecule has 0 aliphatic carbocycles. The van der Waals surface area contributed by atoms with Gasteiger partial charge >= 0.3 is 0 Å². The van der Waals surface area contributed by atoms with Gasteiger partial charge in [0.2, 0.25) is 0 Å². The molecule has 0 unspecified atom stereocenters. The number of nitrogens with one attached hydrogen (secondary N) is 1. The normalized spacial score (nSPS) is 21.5. The summed E-state index contributed by atoms with van der Waals surface area (Å²) in [6.45, 7) is 3.70. The minimum absolute atomic E-state index is 0.0798. The van der Waals surface area contributed by atoms with Crippen molar-refractivity contribution in [3.05, 3.63) is 34.6 Å². The molecule has 1 aromatic rings. The predicted octanol–water partition coefficient (Wildman–Crippen LogP) is 3.08. The first-order valence-electron chi connectivity index (χ1n) is 7.55. The highest BCUT2D eigenvalue weighted by atomic mass is 35.5. The Labute approximate surface area is 129 Å². The summed E-state index contributed by atoms with van der Waals surface area (Å²) in [7, 11) is 0. The maximum absolute atomic E-state index is 13.1. The van der Waals surface area contributed by atoms with Gasteiger partial charge in [-0.05, 0) is 62.4 Å². The molecule has 0 atom stereocenters. The van der Waals surface area contributed by atoms with Crippen molar-refractivity contribution in [1.82, 2.24) is 10.2 Å². The van der Waals surface area contributed by atoms with E-state index in [9.17, 15) is 9.18 Å². The van der Waals surface area contributed by atoms with E-state index in [1.807, 2.05) is 4.90 Å². The maximum Gasteiger partial charge on any atom is 0.255 e. The van der Waals surface area contributed by atoms with E-state index in [1.165, 1.54) is 31.0 Å². The van der Waals surface area contributed by atoms with Crippen LogP contribution in [0, 0.1) is 11.2 Å². The number of hydrogen-bond acceptors (Lipinski definition) is 2. The molecule has 3 rings (SSSR count). The van der Waals surface area contributed by atoms with E-state index in [0.29, 0.717) is 11.0 Å². The molecule has 0 aromatic heterocycles. The molecule has 1 spiro atoms. The summed E-state index contributed by atoms with van der Waals surface area (Å²) in [6, 6.07) is 3.97. The van der Waals surface area contributed by atoms with E-state index in [-0.39, 0.29) is 10.9 Å². The van der Waals surface area contributed by atoms with Gasteiger partial charge in [-0.2, -0.15) is 0 Å². The highest BCUT2D eigenvalue weighted by molar-refractivity contribution is 6.33. The molecular weight excluding hydrogens is 291 g/mol. The van der Waals surface area contributed by atoms with Gasteiger partial charge in [0.25, 0.3) is 5.91 Å². The third-order valence-electron chi connectivity index (χ3n) is 4.94. The Morgan fingerprint density at radius 1 is 1.19 bits per heavy atom. The Hall–Kier alpha value is -1.13. The van der Waals surface area contributed by atoms with Crippen LogP contribution in [0.15, 0.2) is 18.2 Å². The van der Waals surface area contributed by atoms with Crippen LogP contribution in [0.5, 0.6) is 0 Å². The molecule has 0 saturated carbocycles. The molecule has 0 bridgehead atoms. The summed E-state index contributed by atoms with van der Waals surface area (Å²) in [5, 5.41) is 3.59. The van der Waals surface area contributed by atoms with Crippen LogP contribution in [-0.4, -0.2) is 37.0 Å². The molecule has 1 aromatic carbocycles. The van der Waals surface area contributed by atoms with Gasteiger partial charge in [0.1, 0.15) is 5.82 Å². The lowest BCUT2D eigenvalue weighted by Gasteiger charge is -2.44. The number of halogens is 2. The molecule has 2 aliphatic heterocycles. The Balaban J connectivity index is 1.67.